The highest BCUT2D eigenvalue weighted by molar-refractivity contribution is 9.11. The summed E-state index contributed by atoms with van der Waals surface area (Å²) in [7, 11) is 0. The lowest BCUT2D eigenvalue weighted by atomic mass is 10.0. The second-order valence-electron chi connectivity index (χ2n) is 3.73. The van der Waals surface area contributed by atoms with Crippen LogP contribution in [-0.2, 0) is 6.42 Å². The summed E-state index contributed by atoms with van der Waals surface area (Å²) in [6, 6.07) is 10.4. The third kappa shape index (κ3) is 3.01. The van der Waals surface area contributed by atoms with Crippen LogP contribution in [0.4, 0.5) is 0 Å². The molecule has 0 bridgehead atoms. The number of benzene rings is 2. The van der Waals surface area contributed by atoms with E-state index in [0.717, 1.165) is 26.5 Å². The van der Waals surface area contributed by atoms with Crippen LogP contribution in [0, 0.1) is 0 Å². The van der Waals surface area contributed by atoms with Crippen LogP contribution in [0.3, 0.4) is 0 Å². The van der Waals surface area contributed by atoms with Gasteiger partial charge in [-0.3, -0.25) is 0 Å². The van der Waals surface area contributed by atoms with Gasteiger partial charge < -0.3 is 10.2 Å². The van der Waals surface area contributed by atoms with Crippen molar-refractivity contribution in [1.29, 1.82) is 0 Å². The largest absolute Gasteiger partial charge is 0.508 e. The minimum Gasteiger partial charge on any atom is -0.508 e. The lowest BCUT2D eigenvalue weighted by molar-refractivity contribution is 0.474. The Hall–Kier alpha value is -1.00. The van der Waals surface area contributed by atoms with Crippen LogP contribution >= 0.6 is 31.9 Å². The molecule has 0 saturated heterocycles. The highest BCUT2D eigenvalue weighted by Crippen LogP contribution is 2.32. The van der Waals surface area contributed by atoms with Gasteiger partial charge in [-0.1, -0.05) is 44.0 Å². The first-order chi connectivity index (χ1) is 8.06. The van der Waals surface area contributed by atoms with Gasteiger partial charge in [0, 0.05) is 8.95 Å². The molecule has 17 heavy (non-hydrogen) atoms. The average molecular weight is 358 g/mol. The van der Waals surface area contributed by atoms with Crippen molar-refractivity contribution in [2.45, 2.75) is 6.42 Å². The maximum absolute atomic E-state index is 9.43. The molecule has 2 nitrogen and oxygen atoms in total. The van der Waals surface area contributed by atoms with Crippen molar-refractivity contribution in [2.75, 3.05) is 0 Å². The van der Waals surface area contributed by atoms with Crippen molar-refractivity contribution >= 4 is 31.9 Å². The van der Waals surface area contributed by atoms with E-state index in [0.29, 0.717) is 0 Å². The Morgan fingerprint density at radius 3 is 1.88 bits per heavy atom. The summed E-state index contributed by atoms with van der Waals surface area (Å²) in [6.07, 6.45) is 0.724. The topological polar surface area (TPSA) is 40.5 Å². The summed E-state index contributed by atoms with van der Waals surface area (Å²) in [5.41, 5.74) is 2.16. The van der Waals surface area contributed by atoms with Gasteiger partial charge >= 0.3 is 0 Å². The van der Waals surface area contributed by atoms with Crippen LogP contribution in [0.15, 0.2) is 45.3 Å². The molecule has 0 aliphatic rings. The number of rotatable bonds is 2. The molecule has 0 aliphatic carbocycles. The van der Waals surface area contributed by atoms with Gasteiger partial charge in [0.1, 0.15) is 11.5 Å². The molecule has 0 unspecified atom stereocenters. The lowest BCUT2D eigenvalue weighted by Crippen LogP contribution is -1.91. The zero-order valence-electron chi connectivity index (χ0n) is 8.82. The maximum atomic E-state index is 9.43. The summed E-state index contributed by atoms with van der Waals surface area (Å²) in [5, 5.41) is 18.6. The smallest absolute Gasteiger partial charge is 0.117 e. The van der Waals surface area contributed by atoms with Crippen molar-refractivity contribution in [3.63, 3.8) is 0 Å². The Morgan fingerprint density at radius 2 is 1.35 bits per heavy atom. The van der Waals surface area contributed by atoms with Crippen molar-refractivity contribution in [1.82, 2.24) is 0 Å². The van der Waals surface area contributed by atoms with Crippen molar-refractivity contribution in [2.24, 2.45) is 0 Å². The Balaban J connectivity index is 2.33. The number of halogens is 2. The Kier molecular flexibility index (Phi) is 3.74. The molecule has 0 saturated carbocycles. The van der Waals surface area contributed by atoms with Crippen LogP contribution < -0.4 is 0 Å². The van der Waals surface area contributed by atoms with E-state index in [-0.39, 0.29) is 11.5 Å². The third-order valence-electron chi connectivity index (χ3n) is 2.44. The van der Waals surface area contributed by atoms with Gasteiger partial charge in [-0.05, 0) is 41.8 Å². The van der Waals surface area contributed by atoms with Crippen LogP contribution in [0.25, 0.3) is 0 Å². The molecule has 0 radical (unpaired) electrons. The summed E-state index contributed by atoms with van der Waals surface area (Å²) < 4.78 is 1.72. The molecule has 4 heteroatoms. The number of hydrogen-bond acceptors (Lipinski definition) is 2. The van der Waals surface area contributed by atoms with E-state index in [2.05, 4.69) is 31.9 Å². The molecular weight excluding hydrogens is 348 g/mol. The molecule has 2 aromatic carbocycles. The molecule has 0 spiro atoms. The molecule has 0 aromatic heterocycles. The van der Waals surface area contributed by atoms with Crippen LogP contribution in [-0.4, -0.2) is 10.2 Å². The second kappa shape index (κ2) is 5.10. The normalized spacial score (nSPS) is 10.5. The SMILES string of the molecule is Oc1ccc(Cc2c(Br)cc(O)cc2Br)cc1. The minimum atomic E-state index is 0.221. The summed E-state index contributed by atoms with van der Waals surface area (Å²) in [5.74, 6) is 0.482. The molecule has 2 N–H and O–H groups in total. The fraction of sp³-hybridized carbons (Fsp3) is 0.0769. The van der Waals surface area contributed by atoms with Gasteiger partial charge in [-0.2, -0.15) is 0 Å². The van der Waals surface area contributed by atoms with Gasteiger partial charge in [0.05, 0.1) is 0 Å². The first-order valence-electron chi connectivity index (χ1n) is 5.01. The van der Waals surface area contributed by atoms with E-state index in [1.54, 1.807) is 24.3 Å². The Labute approximate surface area is 116 Å². The summed E-state index contributed by atoms with van der Waals surface area (Å²) >= 11 is 6.86. The van der Waals surface area contributed by atoms with Crippen LogP contribution in [0.1, 0.15) is 11.1 Å². The number of phenolic OH excluding ortho intramolecular Hbond substituents is 2. The van der Waals surface area contributed by atoms with Gasteiger partial charge in [-0.15, -0.1) is 0 Å². The van der Waals surface area contributed by atoms with Gasteiger partial charge in [0.25, 0.3) is 0 Å². The highest BCUT2D eigenvalue weighted by atomic mass is 79.9. The molecular formula is C13H10Br2O2. The average Bonchev–Trinajstić information content (AvgIpc) is 2.26. The standard InChI is InChI=1S/C13H10Br2O2/c14-12-6-10(17)7-13(15)11(12)5-8-1-3-9(16)4-2-8/h1-4,6-7,16-17H,5H2. The monoisotopic (exact) mass is 356 g/mol. The van der Waals surface area contributed by atoms with Crippen LogP contribution in [0.2, 0.25) is 0 Å². The summed E-state index contributed by atoms with van der Waals surface area (Å²) in [4.78, 5) is 0. The van der Waals surface area contributed by atoms with Crippen molar-refractivity contribution in [3.05, 3.63) is 56.5 Å². The molecule has 0 heterocycles. The zero-order valence-corrected chi connectivity index (χ0v) is 12.0. The third-order valence-corrected chi connectivity index (χ3v) is 3.86. The van der Waals surface area contributed by atoms with Crippen LogP contribution in [0.5, 0.6) is 11.5 Å². The van der Waals surface area contributed by atoms with E-state index < -0.39 is 0 Å². The molecule has 88 valence electrons. The highest BCUT2D eigenvalue weighted by Gasteiger charge is 2.08. The minimum absolute atomic E-state index is 0.221. The number of phenols is 2. The predicted molar refractivity (Wildman–Crippen MR) is 74.4 cm³/mol. The van der Waals surface area contributed by atoms with E-state index in [1.165, 1.54) is 0 Å². The fourth-order valence-corrected chi connectivity index (χ4v) is 3.02. The van der Waals surface area contributed by atoms with Crippen molar-refractivity contribution in [3.8, 4) is 11.5 Å². The van der Waals surface area contributed by atoms with E-state index in [1.807, 2.05) is 12.1 Å². The predicted octanol–water partition coefficient (Wildman–Crippen LogP) is 4.21. The molecule has 0 aliphatic heterocycles. The molecule has 2 rings (SSSR count). The quantitative estimate of drug-likeness (QED) is 0.845. The number of hydrogen-bond donors (Lipinski definition) is 2. The van der Waals surface area contributed by atoms with E-state index in [9.17, 15) is 10.2 Å². The van der Waals surface area contributed by atoms with Gasteiger partial charge in [0.2, 0.25) is 0 Å². The lowest BCUT2D eigenvalue weighted by Gasteiger charge is -2.08. The second-order valence-corrected chi connectivity index (χ2v) is 5.44. The molecule has 0 amide bonds. The number of aromatic hydroxyl groups is 2. The molecule has 2 aromatic rings. The summed E-state index contributed by atoms with van der Waals surface area (Å²) in [6.45, 7) is 0. The Morgan fingerprint density at radius 1 is 0.824 bits per heavy atom. The van der Waals surface area contributed by atoms with Gasteiger partial charge in [0.15, 0.2) is 0 Å². The fourth-order valence-electron chi connectivity index (χ4n) is 1.58. The van der Waals surface area contributed by atoms with Crippen molar-refractivity contribution < 1.29 is 10.2 Å². The first kappa shape index (κ1) is 12.5. The zero-order chi connectivity index (χ0) is 12.4. The van der Waals surface area contributed by atoms with E-state index >= 15 is 0 Å². The van der Waals surface area contributed by atoms with Gasteiger partial charge in [-0.25, -0.2) is 0 Å². The maximum Gasteiger partial charge on any atom is 0.117 e. The molecule has 0 atom stereocenters. The molecule has 0 fully saturated rings. The first-order valence-corrected chi connectivity index (χ1v) is 6.59. The van der Waals surface area contributed by atoms with E-state index in [4.69, 9.17) is 0 Å². The Bertz CT molecular complexity index is 513.